The summed E-state index contributed by atoms with van der Waals surface area (Å²) in [5.74, 6) is 0.798. The molecule has 5 nitrogen and oxygen atoms in total. The number of carbonyl (C=O) groups excluding carboxylic acids is 2. The molecule has 0 aliphatic carbocycles. The molecule has 22 heavy (non-hydrogen) atoms. The van der Waals surface area contributed by atoms with Crippen molar-refractivity contribution < 1.29 is 14.3 Å². The third-order valence-corrected chi connectivity index (χ3v) is 4.07. The summed E-state index contributed by atoms with van der Waals surface area (Å²) in [7, 11) is 1.64. The van der Waals surface area contributed by atoms with Crippen molar-refractivity contribution in [3.63, 3.8) is 0 Å². The molecule has 2 rings (SSSR count). The van der Waals surface area contributed by atoms with E-state index >= 15 is 0 Å². The molecule has 0 N–H and O–H groups in total. The summed E-state index contributed by atoms with van der Waals surface area (Å²) in [5, 5.41) is 0. The molecule has 0 bridgehead atoms. The Balaban J connectivity index is 1.94. The first-order valence-corrected chi connectivity index (χ1v) is 7.77. The minimum absolute atomic E-state index is 0.0488. The standard InChI is InChI=1S/C17H24N2O3/c1-14(20)19(13-17(21)18-10-5-6-11-18)12-9-15-7-3-4-8-16(15)22-2/h3-4,7-8H,5-6,9-13H2,1-2H3. The normalized spacial score (nSPS) is 14.0. The predicted molar refractivity (Wildman–Crippen MR) is 84.8 cm³/mol. The van der Waals surface area contributed by atoms with Gasteiger partial charge in [-0.05, 0) is 30.9 Å². The largest absolute Gasteiger partial charge is 0.496 e. The predicted octanol–water partition coefficient (Wildman–Crippen LogP) is 1.71. The molecule has 0 atom stereocenters. The Morgan fingerprint density at radius 3 is 2.55 bits per heavy atom. The molecule has 0 saturated carbocycles. The van der Waals surface area contributed by atoms with E-state index in [2.05, 4.69) is 0 Å². The zero-order chi connectivity index (χ0) is 15.9. The van der Waals surface area contributed by atoms with Crippen molar-refractivity contribution in [2.45, 2.75) is 26.2 Å². The molecule has 1 aliphatic heterocycles. The van der Waals surface area contributed by atoms with Crippen LogP contribution in [-0.4, -0.2) is 54.9 Å². The lowest BCUT2D eigenvalue weighted by Crippen LogP contribution is -2.41. The minimum atomic E-state index is -0.0672. The highest BCUT2D eigenvalue weighted by atomic mass is 16.5. The van der Waals surface area contributed by atoms with Gasteiger partial charge >= 0.3 is 0 Å². The lowest BCUT2D eigenvalue weighted by Gasteiger charge is -2.24. The van der Waals surface area contributed by atoms with Gasteiger partial charge in [-0.1, -0.05) is 18.2 Å². The number of carbonyl (C=O) groups is 2. The maximum Gasteiger partial charge on any atom is 0.242 e. The number of rotatable bonds is 6. The summed E-state index contributed by atoms with van der Waals surface area (Å²) in [6.07, 6.45) is 2.80. The molecule has 0 spiro atoms. The number of hydrogen-bond donors (Lipinski definition) is 0. The van der Waals surface area contributed by atoms with Crippen LogP contribution in [-0.2, 0) is 16.0 Å². The molecule has 1 aromatic rings. The fraction of sp³-hybridized carbons (Fsp3) is 0.529. The highest BCUT2D eigenvalue weighted by Crippen LogP contribution is 2.18. The summed E-state index contributed by atoms with van der Waals surface area (Å²) in [6, 6.07) is 7.76. The Hall–Kier alpha value is -2.04. The second-order valence-corrected chi connectivity index (χ2v) is 5.59. The fourth-order valence-electron chi connectivity index (χ4n) is 2.74. The maximum absolute atomic E-state index is 12.2. The first kappa shape index (κ1) is 16.3. The second kappa shape index (κ2) is 7.82. The van der Waals surface area contributed by atoms with E-state index in [4.69, 9.17) is 4.74 Å². The van der Waals surface area contributed by atoms with Crippen molar-refractivity contribution >= 4 is 11.8 Å². The molecule has 1 heterocycles. The Morgan fingerprint density at radius 2 is 1.91 bits per heavy atom. The Morgan fingerprint density at radius 1 is 1.23 bits per heavy atom. The number of hydrogen-bond acceptors (Lipinski definition) is 3. The van der Waals surface area contributed by atoms with Gasteiger partial charge in [0.15, 0.2) is 0 Å². The molecular weight excluding hydrogens is 280 g/mol. The average molecular weight is 304 g/mol. The van der Waals surface area contributed by atoms with Gasteiger partial charge in [-0.2, -0.15) is 0 Å². The Labute approximate surface area is 131 Å². The van der Waals surface area contributed by atoms with E-state index in [1.807, 2.05) is 29.2 Å². The van der Waals surface area contributed by atoms with Crippen LogP contribution in [0.3, 0.4) is 0 Å². The van der Waals surface area contributed by atoms with Crippen LogP contribution >= 0.6 is 0 Å². The van der Waals surface area contributed by atoms with E-state index in [0.717, 1.165) is 37.2 Å². The molecule has 0 radical (unpaired) electrons. The zero-order valence-corrected chi connectivity index (χ0v) is 13.4. The van der Waals surface area contributed by atoms with Crippen molar-refractivity contribution in [2.24, 2.45) is 0 Å². The summed E-state index contributed by atoms with van der Waals surface area (Å²) in [4.78, 5) is 27.5. The lowest BCUT2D eigenvalue weighted by molar-refractivity contribution is -0.138. The first-order valence-electron chi connectivity index (χ1n) is 7.77. The summed E-state index contributed by atoms with van der Waals surface area (Å²) >= 11 is 0. The highest BCUT2D eigenvalue weighted by molar-refractivity contribution is 5.84. The van der Waals surface area contributed by atoms with Crippen LogP contribution in [0.4, 0.5) is 0 Å². The number of benzene rings is 1. The van der Waals surface area contributed by atoms with Crippen molar-refractivity contribution in [3.05, 3.63) is 29.8 Å². The van der Waals surface area contributed by atoms with Crippen LogP contribution in [0.2, 0.25) is 0 Å². The van der Waals surface area contributed by atoms with Crippen molar-refractivity contribution in [3.8, 4) is 5.75 Å². The van der Waals surface area contributed by atoms with Gasteiger partial charge in [0, 0.05) is 26.6 Å². The van der Waals surface area contributed by atoms with E-state index in [0.29, 0.717) is 13.0 Å². The quantitative estimate of drug-likeness (QED) is 0.804. The van der Waals surface area contributed by atoms with E-state index < -0.39 is 0 Å². The monoisotopic (exact) mass is 304 g/mol. The third-order valence-electron chi connectivity index (χ3n) is 4.07. The molecule has 5 heteroatoms. The minimum Gasteiger partial charge on any atom is -0.496 e. The Kier molecular flexibility index (Phi) is 5.81. The molecule has 1 saturated heterocycles. The van der Waals surface area contributed by atoms with Gasteiger partial charge in [0.05, 0.1) is 13.7 Å². The number of ether oxygens (including phenoxy) is 1. The SMILES string of the molecule is COc1ccccc1CCN(CC(=O)N1CCCC1)C(C)=O. The molecule has 0 aromatic heterocycles. The number of nitrogens with zero attached hydrogens (tertiary/aromatic N) is 2. The van der Waals surface area contributed by atoms with Gasteiger partial charge in [0.25, 0.3) is 0 Å². The van der Waals surface area contributed by atoms with Crippen LogP contribution in [0.1, 0.15) is 25.3 Å². The van der Waals surface area contributed by atoms with Crippen LogP contribution in [0.15, 0.2) is 24.3 Å². The van der Waals surface area contributed by atoms with Gasteiger partial charge < -0.3 is 14.5 Å². The van der Waals surface area contributed by atoms with Crippen LogP contribution in [0, 0.1) is 0 Å². The molecular formula is C17H24N2O3. The smallest absolute Gasteiger partial charge is 0.242 e. The van der Waals surface area contributed by atoms with Gasteiger partial charge in [0.2, 0.25) is 11.8 Å². The molecule has 120 valence electrons. The van der Waals surface area contributed by atoms with E-state index in [1.165, 1.54) is 6.92 Å². The van der Waals surface area contributed by atoms with E-state index in [1.54, 1.807) is 12.0 Å². The number of para-hydroxylation sites is 1. The molecule has 1 fully saturated rings. The summed E-state index contributed by atoms with van der Waals surface area (Å²) in [6.45, 7) is 3.84. The molecule has 1 aromatic carbocycles. The number of likely N-dealkylation sites (tertiary alicyclic amines) is 1. The number of methoxy groups -OCH3 is 1. The first-order chi connectivity index (χ1) is 10.6. The zero-order valence-electron chi connectivity index (χ0n) is 13.4. The molecule has 1 aliphatic rings. The van der Waals surface area contributed by atoms with Gasteiger partial charge in [0.1, 0.15) is 5.75 Å². The van der Waals surface area contributed by atoms with Gasteiger partial charge in [-0.15, -0.1) is 0 Å². The summed E-state index contributed by atoms with van der Waals surface area (Å²) in [5.41, 5.74) is 1.05. The van der Waals surface area contributed by atoms with Crippen LogP contribution in [0.5, 0.6) is 5.75 Å². The highest BCUT2D eigenvalue weighted by Gasteiger charge is 2.21. The van der Waals surface area contributed by atoms with Gasteiger partial charge in [-0.25, -0.2) is 0 Å². The maximum atomic E-state index is 12.2. The lowest BCUT2D eigenvalue weighted by atomic mass is 10.1. The van der Waals surface area contributed by atoms with E-state index in [9.17, 15) is 9.59 Å². The average Bonchev–Trinajstić information content (AvgIpc) is 3.05. The summed E-state index contributed by atoms with van der Waals surface area (Å²) < 4.78 is 5.32. The van der Waals surface area contributed by atoms with Crippen molar-refractivity contribution in [1.29, 1.82) is 0 Å². The fourth-order valence-corrected chi connectivity index (χ4v) is 2.74. The molecule has 0 unspecified atom stereocenters. The van der Waals surface area contributed by atoms with Crippen molar-refractivity contribution in [1.82, 2.24) is 9.80 Å². The van der Waals surface area contributed by atoms with Gasteiger partial charge in [-0.3, -0.25) is 9.59 Å². The molecule has 2 amide bonds. The van der Waals surface area contributed by atoms with E-state index in [-0.39, 0.29) is 18.4 Å². The Bertz CT molecular complexity index is 524. The van der Waals surface area contributed by atoms with Crippen LogP contribution < -0.4 is 4.74 Å². The number of amides is 2. The third kappa shape index (κ3) is 4.23. The van der Waals surface area contributed by atoms with Crippen LogP contribution in [0.25, 0.3) is 0 Å². The topological polar surface area (TPSA) is 49.9 Å². The van der Waals surface area contributed by atoms with Crippen molar-refractivity contribution in [2.75, 3.05) is 33.3 Å². The second-order valence-electron chi connectivity index (χ2n) is 5.59.